The van der Waals surface area contributed by atoms with Crippen molar-refractivity contribution in [3.8, 4) is 0 Å². The van der Waals surface area contributed by atoms with Crippen LogP contribution in [0.2, 0.25) is 0 Å². The second-order valence-electron chi connectivity index (χ2n) is 6.00. The number of fused-ring (bicyclic) bond motifs is 1. The zero-order valence-electron chi connectivity index (χ0n) is 12.0. The molecule has 2 aliphatic heterocycles. The molecule has 0 saturated carbocycles. The SMILES string of the molecule is CN1CC[C@H]2[C@H](CCCN2C(=O)NCc2ccsc2)C1. The topological polar surface area (TPSA) is 35.6 Å². The third-order valence-electron chi connectivity index (χ3n) is 4.56. The molecule has 3 rings (SSSR count). The number of hydrogen-bond acceptors (Lipinski definition) is 3. The van der Waals surface area contributed by atoms with Crippen molar-refractivity contribution < 1.29 is 4.79 Å². The number of nitrogens with one attached hydrogen (secondary N) is 1. The Hall–Kier alpha value is -1.07. The van der Waals surface area contributed by atoms with Crippen molar-refractivity contribution in [2.75, 3.05) is 26.7 Å². The van der Waals surface area contributed by atoms with Gasteiger partial charge in [-0.05, 0) is 61.2 Å². The molecule has 4 nitrogen and oxygen atoms in total. The Balaban J connectivity index is 1.58. The maximum atomic E-state index is 12.4. The number of urea groups is 1. The van der Waals surface area contributed by atoms with Gasteiger partial charge in [0.2, 0.25) is 0 Å². The normalized spacial score (nSPS) is 27.1. The summed E-state index contributed by atoms with van der Waals surface area (Å²) in [6, 6.07) is 2.64. The number of rotatable bonds is 2. The van der Waals surface area contributed by atoms with Crippen LogP contribution >= 0.6 is 11.3 Å². The van der Waals surface area contributed by atoms with E-state index in [0.29, 0.717) is 18.5 Å². The minimum absolute atomic E-state index is 0.121. The van der Waals surface area contributed by atoms with E-state index in [4.69, 9.17) is 0 Å². The van der Waals surface area contributed by atoms with E-state index in [1.807, 2.05) is 0 Å². The Labute approximate surface area is 124 Å². The number of hydrogen-bond donors (Lipinski definition) is 1. The predicted octanol–water partition coefficient (Wildman–Crippen LogP) is 2.37. The molecule has 2 saturated heterocycles. The molecule has 2 amide bonds. The zero-order chi connectivity index (χ0) is 13.9. The molecule has 110 valence electrons. The highest BCUT2D eigenvalue weighted by Gasteiger charge is 2.37. The van der Waals surface area contributed by atoms with Crippen LogP contribution in [-0.2, 0) is 6.54 Å². The summed E-state index contributed by atoms with van der Waals surface area (Å²) in [5.41, 5.74) is 1.19. The quantitative estimate of drug-likeness (QED) is 0.908. The standard InChI is InChI=1S/C15H23N3OS/c1-17-7-4-14-13(10-17)3-2-6-18(14)15(19)16-9-12-5-8-20-11-12/h5,8,11,13-14H,2-4,6-7,9-10H2,1H3,(H,16,19)/t13-,14+/m1/s1. The predicted molar refractivity (Wildman–Crippen MR) is 81.9 cm³/mol. The number of likely N-dealkylation sites (tertiary alicyclic amines) is 2. The van der Waals surface area contributed by atoms with E-state index >= 15 is 0 Å². The molecule has 0 radical (unpaired) electrons. The number of carbonyl (C=O) groups is 1. The lowest BCUT2D eigenvalue weighted by molar-refractivity contribution is 0.0532. The van der Waals surface area contributed by atoms with Crippen LogP contribution in [0.25, 0.3) is 0 Å². The number of piperidine rings is 2. The molecular weight excluding hydrogens is 270 g/mol. The highest BCUT2D eigenvalue weighted by Crippen LogP contribution is 2.30. The van der Waals surface area contributed by atoms with E-state index in [-0.39, 0.29) is 6.03 Å². The smallest absolute Gasteiger partial charge is 0.317 e. The molecule has 0 bridgehead atoms. The Morgan fingerprint density at radius 2 is 2.35 bits per heavy atom. The molecule has 0 aromatic carbocycles. The van der Waals surface area contributed by atoms with Crippen LogP contribution in [0, 0.1) is 5.92 Å². The Morgan fingerprint density at radius 1 is 1.45 bits per heavy atom. The lowest BCUT2D eigenvalue weighted by Crippen LogP contribution is -2.57. The average Bonchev–Trinajstić information content (AvgIpc) is 2.97. The zero-order valence-corrected chi connectivity index (χ0v) is 12.9. The number of nitrogens with zero attached hydrogens (tertiary/aromatic N) is 2. The van der Waals surface area contributed by atoms with Gasteiger partial charge in [-0.25, -0.2) is 4.79 Å². The van der Waals surface area contributed by atoms with Gasteiger partial charge in [-0.15, -0.1) is 0 Å². The molecule has 5 heteroatoms. The first-order valence-corrected chi connectivity index (χ1v) is 8.42. The first-order chi connectivity index (χ1) is 9.74. The van der Waals surface area contributed by atoms with Crippen LogP contribution in [0.15, 0.2) is 16.8 Å². The van der Waals surface area contributed by atoms with Gasteiger partial charge in [0.05, 0.1) is 0 Å². The number of amides is 2. The van der Waals surface area contributed by atoms with E-state index in [1.165, 1.54) is 12.0 Å². The Kier molecular flexibility index (Phi) is 4.27. The van der Waals surface area contributed by atoms with Gasteiger partial charge in [0.25, 0.3) is 0 Å². The van der Waals surface area contributed by atoms with E-state index in [9.17, 15) is 4.79 Å². The van der Waals surface area contributed by atoms with Gasteiger partial charge in [0.1, 0.15) is 0 Å². The second kappa shape index (κ2) is 6.14. The van der Waals surface area contributed by atoms with Crippen LogP contribution in [-0.4, -0.2) is 48.6 Å². The highest BCUT2D eigenvalue weighted by molar-refractivity contribution is 7.07. The van der Waals surface area contributed by atoms with Gasteiger partial charge in [0, 0.05) is 25.7 Å². The van der Waals surface area contributed by atoms with Crippen molar-refractivity contribution in [1.82, 2.24) is 15.1 Å². The van der Waals surface area contributed by atoms with Crippen LogP contribution in [0.4, 0.5) is 4.79 Å². The van der Waals surface area contributed by atoms with Crippen molar-refractivity contribution in [2.24, 2.45) is 5.92 Å². The maximum absolute atomic E-state index is 12.4. The summed E-state index contributed by atoms with van der Waals surface area (Å²) >= 11 is 1.67. The minimum atomic E-state index is 0.121. The highest BCUT2D eigenvalue weighted by atomic mass is 32.1. The summed E-state index contributed by atoms with van der Waals surface area (Å²) in [5.74, 6) is 0.661. The fourth-order valence-electron chi connectivity index (χ4n) is 3.51. The molecule has 1 aromatic rings. The van der Waals surface area contributed by atoms with E-state index in [2.05, 4.69) is 39.0 Å². The van der Waals surface area contributed by atoms with Crippen LogP contribution < -0.4 is 5.32 Å². The second-order valence-corrected chi connectivity index (χ2v) is 6.78. The Morgan fingerprint density at radius 3 is 3.15 bits per heavy atom. The monoisotopic (exact) mass is 293 g/mol. The van der Waals surface area contributed by atoms with Crippen LogP contribution in [0.3, 0.4) is 0 Å². The van der Waals surface area contributed by atoms with Crippen LogP contribution in [0.1, 0.15) is 24.8 Å². The first kappa shape index (κ1) is 13.9. The molecule has 0 aliphatic carbocycles. The largest absolute Gasteiger partial charge is 0.334 e. The van der Waals surface area contributed by atoms with Gasteiger partial charge in [-0.2, -0.15) is 11.3 Å². The maximum Gasteiger partial charge on any atom is 0.317 e. The summed E-state index contributed by atoms with van der Waals surface area (Å²) in [5, 5.41) is 7.22. The summed E-state index contributed by atoms with van der Waals surface area (Å²) in [6.45, 7) is 3.81. The number of thiophene rings is 1. The summed E-state index contributed by atoms with van der Waals surface area (Å²) < 4.78 is 0. The molecule has 0 spiro atoms. The van der Waals surface area contributed by atoms with Crippen molar-refractivity contribution in [3.05, 3.63) is 22.4 Å². The van der Waals surface area contributed by atoms with Crippen molar-refractivity contribution in [2.45, 2.75) is 31.8 Å². The fraction of sp³-hybridized carbons (Fsp3) is 0.667. The Bertz CT molecular complexity index is 448. The first-order valence-electron chi connectivity index (χ1n) is 7.48. The molecule has 2 fully saturated rings. The molecule has 2 aliphatic rings. The number of carbonyl (C=O) groups excluding carboxylic acids is 1. The molecule has 1 N–H and O–H groups in total. The lowest BCUT2D eigenvalue weighted by atomic mass is 9.84. The molecular formula is C15H23N3OS. The lowest BCUT2D eigenvalue weighted by Gasteiger charge is -2.46. The molecule has 20 heavy (non-hydrogen) atoms. The van der Waals surface area contributed by atoms with E-state index < -0.39 is 0 Å². The van der Waals surface area contributed by atoms with Crippen molar-refractivity contribution >= 4 is 17.4 Å². The summed E-state index contributed by atoms with van der Waals surface area (Å²) in [4.78, 5) is 16.9. The summed E-state index contributed by atoms with van der Waals surface area (Å²) in [6.07, 6.45) is 3.53. The van der Waals surface area contributed by atoms with E-state index in [0.717, 1.165) is 32.5 Å². The van der Waals surface area contributed by atoms with Crippen molar-refractivity contribution in [1.29, 1.82) is 0 Å². The molecule has 1 aromatic heterocycles. The molecule has 0 unspecified atom stereocenters. The van der Waals surface area contributed by atoms with Gasteiger partial charge in [-0.3, -0.25) is 0 Å². The summed E-state index contributed by atoms with van der Waals surface area (Å²) in [7, 11) is 2.19. The molecule has 3 heterocycles. The third kappa shape index (κ3) is 2.99. The van der Waals surface area contributed by atoms with Gasteiger partial charge >= 0.3 is 6.03 Å². The van der Waals surface area contributed by atoms with Crippen molar-refractivity contribution in [3.63, 3.8) is 0 Å². The van der Waals surface area contributed by atoms with Gasteiger partial charge in [-0.1, -0.05) is 0 Å². The minimum Gasteiger partial charge on any atom is -0.334 e. The average molecular weight is 293 g/mol. The van der Waals surface area contributed by atoms with Gasteiger partial charge < -0.3 is 15.1 Å². The molecule has 2 atom stereocenters. The fourth-order valence-corrected chi connectivity index (χ4v) is 4.18. The van der Waals surface area contributed by atoms with Crippen LogP contribution in [0.5, 0.6) is 0 Å². The van der Waals surface area contributed by atoms with E-state index in [1.54, 1.807) is 11.3 Å². The van der Waals surface area contributed by atoms with Gasteiger partial charge in [0.15, 0.2) is 0 Å². The third-order valence-corrected chi connectivity index (χ3v) is 5.29.